The molecule has 0 bridgehead atoms. The van der Waals surface area contributed by atoms with Gasteiger partial charge in [-0.15, -0.1) is 0 Å². The number of aromatic nitrogens is 1. The van der Waals surface area contributed by atoms with E-state index in [1.807, 2.05) is 13.8 Å². The van der Waals surface area contributed by atoms with Crippen molar-refractivity contribution in [3.63, 3.8) is 0 Å². The predicted molar refractivity (Wildman–Crippen MR) is 223 cm³/mol. The van der Waals surface area contributed by atoms with Crippen LogP contribution < -0.4 is 0 Å². The monoisotopic (exact) mass is 653 g/mol. The molecule has 0 atom stereocenters. The molecule has 1 aliphatic rings. The highest BCUT2D eigenvalue weighted by atomic mass is 14.7. The van der Waals surface area contributed by atoms with Crippen LogP contribution in [0.15, 0.2) is 109 Å². The summed E-state index contributed by atoms with van der Waals surface area (Å²) in [6, 6.07) is 36.7. The molecule has 1 heteroatoms. The van der Waals surface area contributed by atoms with Crippen molar-refractivity contribution in [1.29, 1.82) is 0 Å². The molecule has 252 valence electrons. The van der Waals surface area contributed by atoms with Gasteiger partial charge in [-0.25, -0.2) is 0 Å². The Bertz CT molecular complexity index is 2440. The standard InChI is InChI=1S/C46H41N.C2H6.CH4/c1-7-12-34-28(4)33(9-3)35(13-8-2)39-24-29(16-20-36(34)39)30-18-22-44-40(25-30)41-26-31(19-23-45(41)47-44)32-17-21-38-37-14-10-11-15-42(37)46(5,6)43(38)27-32;1-2;/h7-8,10-27,47H,9H2,1-6H3;1-2H3;1H4/b12-7-,13-8-;;. The second kappa shape index (κ2) is 13.6. The fourth-order valence-electron chi connectivity index (χ4n) is 8.24. The summed E-state index contributed by atoms with van der Waals surface area (Å²) in [6.07, 6.45) is 9.90. The molecule has 1 aliphatic carbocycles. The minimum Gasteiger partial charge on any atom is -0.355 e. The number of nitrogens with one attached hydrogen (secondary N) is 1. The van der Waals surface area contributed by atoms with Gasteiger partial charge < -0.3 is 4.98 Å². The number of aromatic amines is 1. The Morgan fingerprint density at radius 3 is 1.72 bits per heavy atom. The molecule has 1 nitrogen and oxygen atoms in total. The van der Waals surface area contributed by atoms with E-state index in [4.69, 9.17) is 0 Å². The highest BCUT2D eigenvalue weighted by molar-refractivity contribution is 6.10. The van der Waals surface area contributed by atoms with Gasteiger partial charge in [-0.05, 0) is 141 Å². The lowest BCUT2D eigenvalue weighted by Crippen LogP contribution is -2.14. The molecule has 6 aromatic carbocycles. The lowest BCUT2D eigenvalue weighted by atomic mass is 9.81. The Morgan fingerprint density at radius 1 is 0.580 bits per heavy atom. The van der Waals surface area contributed by atoms with Crippen molar-refractivity contribution in [1.82, 2.24) is 4.98 Å². The first-order chi connectivity index (χ1) is 23.8. The maximum absolute atomic E-state index is 3.68. The van der Waals surface area contributed by atoms with Crippen LogP contribution >= 0.6 is 0 Å². The summed E-state index contributed by atoms with van der Waals surface area (Å²) < 4.78 is 0. The van der Waals surface area contributed by atoms with E-state index in [9.17, 15) is 0 Å². The lowest BCUT2D eigenvalue weighted by molar-refractivity contribution is 0.660. The van der Waals surface area contributed by atoms with Gasteiger partial charge in [0.2, 0.25) is 0 Å². The van der Waals surface area contributed by atoms with Crippen LogP contribution in [0.5, 0.6) is 0 Å². The van der Waals surface area contributed by atoms with E-state index in [0.717, 1.165) is 6.42 Å². The molecule has 0 saturated carbocycles. The summed E-state index contributed by atoms with van der Waals surface area (Å²) >= 11 is 0. The van der Waals surface area contributed by atoms with E-state index >= 15 is 0 Å². The van der Waals surface area contributed by atoms with Crippen LogP contribution in [0, 0.1) is 6.92 Å². The van der Waals surface area contributed by atoms with Crippen molar-refractivity contribution in [2.24, 2.45) is 0 Å². The average molecular weight is 654 g/mol. The molecule has 0 spiro atoms. The number of H-pyrrole nitrogens is 1. The normalized spacial score (nSPS) is 13.1. The van der Waals surface area contributed by atoms with Gasteiger partial charge in [-0.1, -0.05) is 127 Å². The smallest absolute Gasteiger partial charge is 0.0465 e. The summed E-state index contributed by atoms with van der Waals surface area (Å²) in [5, 5.41) is 5.15. The number of hydrogen-bond acceptors (Lipinski definition) is 0. The Balaban J connectivity index is 0.00000142. The second-order valence-electron chi connectivity index (χ2n) is 13.6. The van der Waals surface area contributed by atoms with E-state index < -0.39 is 0 Å². The summed E-state index contributed by atoms with van der Waals surface area (Å²) in [6.45, 7) is 17.5. The van der Waals surface area contributed by atoms with Crippen molar-refractivity contribution in [3.05, 3.63) is 143 Å². The summed E-state index contributed by atoms with van der Waals surface area (Å²) in [5.74, 6) is 0. The molecule has 0 amide bonds. The van der Waals surface area contributed by atoms with Gasteiger partial charge in [0.05, 0.1) is 0 Å². The highest BCUT2D eigenvalue weighted by Crippen LogP contribution is 2.49. The van der Waals surface area contributed by atoms with E-state index in [-0.39, 0.29) is 12.8 Å². The van der Waals surface area contributed by atoms with Crippen LogP contribution in [0.1, 0.15) is 89.3 Å². The van der Waals surface area contributed by atoms with Crippen LogP contribution in [-0.2, 0) is 11.8 Å². The van der Waals surface area contributed by atoms with Crippen LogP contribution in [0.3, 0.4) is 0 Å². The number of rotatable bonds is 5. The maximum Gasteiger partial charge on any atom is 0.0465 e. The number of fused-ring (bicyclic) bond motifs is 7. The van der Waals surface area contributed by atoms with Crippen LogP contribution in [0.4, 0.5) is 0 Å². The average Bonchev–Trinajstić information content (AvgIpc) is 3.61. The van der Waals surface area contributed by atoms with E-state index in [1.54, 1.807) is 0 Å². The fourth-order valence-corrected chi connectivity index (χ4v) is 8.24. The summed E-state index contributed by atoms with van der Waals surface area (Å²) in [7, 11) is 0. The Morgan fingerprint density at radius 2 is 1.10 bits per heavy atom. The molecule has 0 aliphatic heterocycles. The topological polar surface area (TPSA) is 15.8 Å². The first-order valence-corrected chi connectivity index (χ1v) is 18.0. The van der Waals surface area contributed by atoms with Gasteiger partial charge in [-0.3, -0.25) is 0 Å². The molecule has 0 unspecified atom stereocenters. The summed E-state index contributed by atoms with van der Waals surface area (Å²) in [4.78, 5) is 3.68. The summed E-state index contributed by atoms with van der Waals surface area (Å²) in [5.41, 5.74) is 18.3. The maximum atomic E-state index is 3.68. The predicted octanol–water partition coefficient (Wildman–Crippen LogP) is 14.7. The number of hydrogen-bond donors (Lipinski definition) is 1. The van der Waals surface area contributed by atoms with Gasteiger partial charge in [0, 0.05) is 27.2 Å². The minimum absolute atomic E-state index is 0. The van der Waals surface area contributed by atoms with Crippen LogP contribution in [-0.4, -0.2) is 4.98 Å². The van der Waals surface area contributed by atoms with Gasteiger partial charge in [0.25, 0.3) is 0 Å². The lowest BCUT2D eigenvalue weighted by Gasteiger charge is -2.22. The second-order valence-corrected chi connectivity index (χ2v) is 13.6. The minimum atomic E-state index is -0.0153. The van der Waals surface area contributed by atoms with E-state index in [1.165, 1.54) is 99.3 Å². The first-order valence-electron chi connectivity index (χ1n) is 18.0. The molecule has 0 radical (unpaired) electrons. The molecule has 1 heterocycles. The molecule has 0 saturated heterocycles. The van der Waals surface area contributed by atoms with Crippen LogP contribution in [0.2, 0.25) is 0 Å². The third-order valence-corrected chi connectivity index (χ3v) is 10.7. The molecule has 1 aromatic heterocycles. The third-order valence-electron chi connectivity index (χ3n) is 10.7. The molecule has 0 fully saturated rings. The Labute approximate surface area is 299 Å². The zero-order valence-electron chi connectivity index (χ0n) is 30.3. The molecular formula is C49H51N. The molecular weight excluding hydrogens is 603 g/mol. The quantitative estimate of drug-likeness (QED) is 0.190. The molecule has 1 N–H and O–H groups in total. The number of benzene rings is 6. The van der Waals surface area contributed by atoms with Crippen molar-refractivity contribution in [2.45, 2.75) is 74.7 Å². The largest absolute Gasteiger partial charge is 0.355 e. The zero-order valence-corrected chi connectivity index (χ0v) is 30.3. The van der Waals surface area contributed by atoms with Gasteiger partial charge >= 0.3 is 0 Å². The fraction of sp³-hybridized carbons (Fsp3) is 0.224. The Hall–Kier alpha value is -5.14. The van der Waals surface area contributed by atoms with Gasteiger partial charge in [0.1, 0.15) is 0 Å². The van der Waals surface area contributed by atoms with Crippen molar-refractivity contribution in [2.75, 3.05) is 0 Å². The van der Waals surface area contributed by atoms with Crippen molar-refractivity contribution < 1.29 is 0 Å². The van der Waals surface area contributed by atoms with Crippen molar-refractivity contribution >= 4 is 44.7 Å². The third kappa shape index (κ3) is 5.41. The first kappa shape index (κ1) is 34.7. The molecule has 7 aromatic rings. The molecule has 8 rings (SSSR count). The van der Waals surface area contributed by atoms with Gasteiger partial charge in [-0.2, -0.15) is 0 Å². The van der Waals surface area contributed by atoms with E-state index in [2.05, 4.69) is 168 Å². The SMILES string of the molecule is C.C/C=C\c1c(C)c(CC)c(/C=C\C)c2cc(-c3ccc4[nH]c5ccc(-c6ccc7c(c6)C(C)(C)c6ccccc6-7)cc5c4c3)ccc12.CC. The zero-order chi connectivity index (χ0) is 34.4. The Kier molecular flexibility index (Phi) is 9.47. The molecule has 50 heavy (non-hydrogen) atoms. The highest BCUT2D eigenvalue weighted by Gasteiger charge is 2.35. The van der Waals surface area contributed by atoms with Gasteiger partial charge in [0.15, 0.2) is 0 Å². The number of allylic oxidation sites excluding steroid dienone is 2. The van der Waals surface area contributed by atoms with E-state index in [0.29, 0.717) is 0 Å². The van der Waals surface area contributed by atoms with Crippen LogP contribution in [0.25, 0.3) is 78.1 Å². The van der Waals surface area contributed by atoms with Crippen molar-refractivity contribution in [3.8, 4) is 33.4 Å².